The number of ether oxygens (including phenoxy) is 1. The maximum atomic E-state index is 12.2. The molecule has 0 unspecified atom stereocenters. The van der Waals surface area contributed by atoms with Crippen LogP contribution < -0.4 is 10.1 Å². The van der Waals surface area contributed by atoms with Crippen LogP contribution in [0, 0.1) is 22.7 Å². The maximum Gasteiger partial charge on any atom is 0.573 e. The van der Waals surface area contributed by atoms with Gasteiger partial charge in [-0.3, -0.25) is 10.1 Å². The number of aromatic nitrogens is 2. The van der Waals surface area contributed by atoms with Crippen molar-refractivity contribution in [2.75, 3.05) is 5.32 Å². The second-order valence-electron chi connectivity index (χ2n) is 4.45. The lowest BCUT2D eigenvalue weighted by molar-refractivity contribution is -0.274. The van der Waals surface area contributed by atoms with Gasteiger partial charge in [0.1, 0.15) is 17.9 Å². The second-order valence-corrected chi connectivity index (χ2v) is 4.45. The van der Waals surface area contributed by atoms with Crippen LogP contribution in [0.2, 0.25) is 0 Å². The molecule has 1 aromatic carbocycles. The lowest BCUT2D eigenvalue weighted by atomic mass is 10.1. The van der Waals surface area contributed by atoms with Gasteiger partial charge in [-0.15, -0.1) is 13.2 Å². The molecular weight excluding hydrogens is 327 g/mol. The standard InChI is InChI=1S/C14H8F3N5O2/c15-14(16,17)24-9-3-1-2-8(4-9)5-12(23)22-13-20-10(6-18)11(7-19)21-13/h1-4H,5H2,(H2,20,21,22,23). The maximum absolute atomic E-state index is 12.2. The number of carbonyl (C=O) groups is 1. The molecule has 24 heavy (non-hydrogen) atoms. The van der Waals surface area contributed by atoms with Crippen molar-refractivity contribution in [1.82, 2.24) is 9.97 Å². The number of anilines is 1. The monoisotopic (exact) mass is 335 g/mol. The number of alkyl halides is 3. The molecule has 0 radical (unpaired) electrons. The Morgan fingerprint density at radius 3 is 2.67 bits per heavy atom. The minimum atomic E-state index is -4.82. The third-order valence-corrected chi connectivity index (χ3v) is 2.68. The molecular formula is C14H8F3N5O2. The number of benzene rings is 1. The number of nitrogens with zero attached hydrogens (tertiary/aromatic N) is 3. The van der Waals surface area contributed by atoms with Crippen molar-refractivity contribution < 1.29 is 22.7 Å². The van der Waals surface area contributed by atoms with Crippen LogP contribution in [-0.2, 0) is 11.2 Å². The molecule has 0 aliphatic heterocycles. The van der Waals surface area contributed by atoms with Crippen LogP contribution in [0.25, 0.3) is 0 Å². The fourth-order valence-corrected chi connectivity index (χ4v) is 1.81. The molecule has 2 N–H and O–H groups in total. The molecule has 0 fully saturated rings. The summed E-state index contributed by atoms with van der Waals surface area (Å²) in [5.41, 5.74) is 0.00330. The number of halogens is 3. The molecule has 0 saturated carbocycles. The van der Waals surface area contributed by atoms with E-state index in [1.54, 1.807) is 12.1 Å². The van der Waals surface area contributed by atoms with E-state index in [0.29, 0.717) is 0 Å². The zero-order valence-corrected chi connectivity index (χ0v) is 11.8. The average molecular weight is 335 g/mol. The van der Waals surface area contributed by atoms with Crippen molar-refractivity contribution in [2.24, 2.45) is 0 Å². The summed E-state index contributed by atoms with van der Waals surface area (Å²) < 4.78 is 40.3. The highest BCUT2D eigenvalue weighted by Gasteiger charge is 2.31. The number of rotatable bonds is 4. The zero-order chi connectivity index (χ0) is 17.7. The number of aromatic amines is 1. The van der Waals surface area contributed by atoms with E-state index in [1.165, 1.54) is 12.1 Å². The Morgan fingerprint density at radius 2 is 2.08 bits per heavy atom. The number of imidazole rings is 1. The van der Waals surface area contributed by atoms with Crippen LogP contribution in [0.1, 0.15) is 17.0 Å². The van der Waals surface area contributed by atoms with Gasteiger partial charge in [0, 0.05) is 0 Å². The van der Waals surface area contributed by atoms with Gasteiger partial charge in [0.25, 0.3) is 0 Å². The summed E-state index contributed by atoms with van der Waals surface area (Å²) in [4.78, 5) is 18.0. The Balaban J connectivity index is 2.05. The fraction of sp³-hybridized carbons (Fsp3) is 0.143. The lowest BCUT2D eigenvalue weighted by Crippen LogP contribution is -2.18. The summed E-state index contributed by atoms with van der Waals surface area (Å²) in [5, 5.41) is 19.8. The lowest BCUT2D eigenvalue weighted by Gasteiger charge is -2.09. The van der Waals surface area contributed by atoms with Crippen molar-refractivity contribution in [3.8, 4) is 17.9 Å². The van der Waals surface area contributed by atoms with Gasteiger partial charge in [-0.25, -0.2) is 4.98 Å². The van der Waals surface area contributed by atoms with E-state index in [4.69, 9.17) is 10.5 Å². The van der Waals surface area contributed by atoms with E-state index in [1.807, 2.05) is 0 Å². The van der Waals surface area contributed by atoms with Crippen molar-refractivity contribution in [3.63, 3.8) is 0 Å². The molecule has 0 aliphatic rings. The summed E-state index contributed by atoms with van der Waals surface area (Å²) in [6.07, 6.45) is -5.07. The van der Waals surface area contributed by atoms with Crippen molar-refractivity contribution >= 4 is 11.9 Å². The predicted molar refractivity (Wildman–Crippen MR) is 73.5 cm³/mol. The van der Waals surface area contributed by atoms with E-state index < -0.39 is 18.0 Å². The number of H-pyrrole nitrogens is 1. The molecule has 0 spiro atoms. The molecule has 1 amide bonds. The molecule has 2 rings (SSSR count). The number of carbonyl (C=O) groups excluding carboxylic acids is 1. The van der Waals surface area contributed by atoms with E-state index in [-0.39, 0.29) is 29.3 Å². The fourth-order valence-electron chi connectivity index (χ4n) is 1.81. The minimum Gasteiger partial charge on any atom is -0.406 e. The third kappa shape index (κ3) is 4.48. The van der Waals surface area contributed by atoms with Crippen molar-refractivity contribution in [1.29, 1.82) is 10.5 Å². The van der Waals surface area contributed by atoms with E-state index >= 15 is 0 Å². The summed E-state index contributed by atoms with van der Waals surface area (Å²) in [6, 6.07) is 8.34. The van der Waals surface area contributed by atoms with E-state index in [2.05, 4.69) is 20.0 Å². The first-order valence-corrected chi connectivity index (χ1v) is 6.35. The molecule has 0 bridgehead atoms. The molecule has 0 atom stereocenters. The van der Waals surface area contributed by atoms with Crippen LogP contribution in [0.3, 0.4) is 0 Å². The number of hydrogen-bond acceptors (Lipinski definition) is 5. The summed E-state index contributed by atoms with van der Waals surface area (Å²) in [5.74, 6) is -1.14. The molecule has 122 valence electrons. The smallest absolute Gasteiger partial charge is 0.406 e. The normalized spacial score (nSPS) is 10.5. The van der Waals surface area contributed by atoms with Crippen LogP contribution >= 0.6 is 0 Å². The Kier molecular flexibility index (Phi) is 4.70. The highest BCUT2D eigenvalue weighted by molar-refractivity contribution is 5.90. The molecule has 1 aromatic heterocycles. The van der Waals surface area contributed by atoms with Crippen LogP contribution in [0.4, 0.5) is 19.1 Å². The first kappa shape index (κ1) is 16.8. The van der Waals surface area contributed by atoms with Gasteiger partial charge in [-0.05, 0) is 17.7 Å². The zero-order valence-electron chi connectivity index (χ0n) is 11.8. The Bertz CT molecular complexity index is 814. The Labute approximate surface area is 133 Å². The number of hydrogen-bond donors (Lipinski definition) is 2. The average Bonchev–Trinajstić information content (AvgIpc) is 2.87. The highest BCUT2D eigenvalue weighted by atomic mass is 19.4. The van der Waals surface area contributed by atoms with Gasteiger partial charge in [0.05, 0.1) is 6.42 Å². The number of nitrogens with one attached hydrogen (secondary N) is 2. The third-order valence-electron chi connectivity index (χ3n) is 2.68. The highest BCUT2D eigenvalue weighted by Crippen LogP contribution is 2.23. The first-order valence-electron chi connectivity index (χ1n) is 6.35. The Morgan fingerprint density at radius 1 is 1.33 bits per heavy atom. The van der Waals surface area contributed by atoms with Gasteiger partial charge in [-0.2, -0.15) is 10.5 Å². The van der Waals surface area contributed by atoms with Crippen molar-refractivity contribution in [2.45, 2.75) is 12.8 Å². The van der Waals surface area contributed by atoms with Gasteiger partial charge in [0.2, 0.25) is 11.9 Å². The quantitative estimate of drug-likeness (QED) is 0.889. The van der Waals surface area contributed by atoms with Gasteiger partial charge < -0.3 is 9.72 Å². The van der Waals surface area contributed by atoms with Crippen LogP contribution in [-0.4, -0.2) is 22.2 Å². The SMILES string of the molecule is N#Cc1nc(NC(=O)Cc2cccc(OC(F)(F)F)c2)[nH]c1C#N. The van der Waals surface area contributed by atoms with Crippen LogP contribution in [0.15, 0.2) is 24.3 Å². The number of amides is 1. The summed E-state index contributed by atoms with van der Waals surface area (Å²) >= 11 is 0. The van der Waals surface area contributed by atoms with Crippen molar-refractivity contribution in [3.05, 3.63) is 41.2 Å². The predicted octanol–water partition coefficient (Wildman–Crippen LogP) is 2.23. The summed E-state index contributed by atoms with van der Waals surface area (Å²) in [7, 11) is 0. The molecule has 0 saturated heterocycles. The van der Waals surface area contributed by atoms with Crippen LogP contribution in [0.5, 0.6) is 5.75 Å². The van der Waals surface area contributed by atoms with Gasteiger partial charge in [0.15, 0.2) is 11.4 Å². The second kappa shape index (κ2) is 6.71. The molecule has 7 nitrogen and oxygen atoms in total. The largest absolute Gasteiger partial charge is 0.573 e. The molecule has 1 heterocycles. The number of nitriles is 2. The van der Waals surface area contributed by atoms with Gasteiger partial charge >= 0.3 is 6.36 Å². The summed E-state index contributed by atoms with van der Waals surface area (Å²) in [6.45, 7) is 0. The van der Waals surface area contributed by atoms with E-state index in [0.717, 1.165) is 12.1 Å². The Hall–Kier alpha value is -3.53. The molecule has 2 aromatic rings. The molecule has 10 heteroatoms. The van der Waals surface area contributed by atoms with Gasteiger partial charge in [-0.1, -0.05) is 12.1 Å². The van der Waals surface area contributed by atoms with E-state index in [9.17, 15) is 18.0 Å². The topological polar surface area (TPSA) is 115 Å². The minimum absolute atomic E-state index is 0.101. The molecule has 0 aliphatic carbocycles. The first-order chi connectivity index (χ1) is 11.3.